The minimum absolute atomic E-state index is 1.11. The molecule has 1 aromatic carbocycles. The highest BCUT2D eigenvalue weighted by molar-refractivity contribution is 9.11. The normalized spacial score (nSPS) is 10.7. The van der Waals surface area contributed by atoms with Crippen molar-refractivity contribution in [1.29, 1.82) is 0 Å². The lowest BCUT2D eigenvalue weighted by molar-refractivity contribution is 1.14. The molecule has 0 amide bonds. The third kappa shape index (κ3) is 2.51. The summed E-state index contributed by atoms with van der Waals surface area (Å²) in [6, 6.07) is 8.55. The van der Waals surface area contributed by atoms with Crippen molar-refractivity contribution >= 4 is 22.0 Å². The average Bonchev–Trinajstić information content (AvgIpc) is 2.07. The fraction of sp³-hybridized carbons (Fsp3) is 0.200. The van der Waals surface area contributed by atoms with Gasteiger partial charge in [-0.1, -0.05) is 47.1 Å². The molecule has 0 nitrogen and oxygen atoms in total. The maximum absolute atomic E-state index is 3.24. The molecule has 0 N–H and O–H groups in total. The lowest BCUT2D eigenvalue weighted by Crippen LogP contribution is -1.78. The van der Waals surface area contributed by atoms with E-state index in [0.29, 0.717) is 0 Å². The molecule has 1 rings (SSSR count). The van der Waals surface area contributed by atoms with Crippen LogP contribution in [0.4, 0.5) is 0 Å². The Labute approximate surface area is 76.1 Å². The third-order valence-electron chi connectivity index (χ3n) is 1.64. The second kappa shape index (κ2) is 4.35. The molecule has 0 spiro atoms. The molecule has 0 radical (unpaired) electrons. The summed E-state index contributed by atoms with van der Waals surface area (Å²) in [4.78, 5) is 1.87. The van der Waals surface area contributed by atoms with Crippen molar-refractivity contribution in [3.63, 3.8) is 0 Å². The summed E-state index contributed by atoms with van der Waals surface area (Å²) in [5, 5.41) is 0. The lowest BCUT2D eigenvalue weighted by atomic mass is 10.1. The summed E-state index contributed by atoms with van der Waals surface area (Å²) >= 11 is 3.24. The van der Waals surface area contributed by atoms with Gasteiger partial charge in [-0.25, -0.2) is 0 Å². The van der Waals surface area contributed by atoms with E-state index < -0.39 is 0 Å². The van der Waals surface area contributed by atoms with Gasteiger partial charge in [0.1, 0.15) is 0 Å². The van der Waals surface area contributed by atoms with Crippen LogP contribution in [-0.2, 0) is 6.42 Å². The average molecular weight is 211 g/mol. The zero-order valence-corrected chi connectivity index (χ0v) is 8.14. The number of benzene rings is 1. The number of hydrogen-bond acceptors (Lipinski definition) is 0. The minimum Gasteiger partial charge on any atom is -0.0613 e. The molecule has 58 valence electrons. The molecule has 0 saturated heterocycles. The van der Waals surface area contributed by atoms with Gasteiger partial charge in [0, 0.05) is 0 Å². The Bertz CT molecular complexity index is 234. The van der Waals surface area contributed by atoms with E-state index >= 15 is 0 Å². The Morgan fingerprint density at radius 1 is 1.27 bits per heavy atom. The van der Waals surface area contributed by atoms with Gasteiger partial charge in [0.25, 0.3) is 0 Å². The molecule has 0 heterocycles. The van der Waals surface area contributed by atoms with Crippen molar-refractivity contribution in [2.24, 2.45) is 0 Å². The van der Waals surface area contributed by atoms with Gasteiger partial charge in [-0.15, -0.1) is 0 Å². The lowest BCUT2D eigenvalue weighted by Gasteiger charge is -1.95. The zero-order valence-electron chi connectivity index (χ0n) is 6.55. The molecule has 1 heteroatoms. The van der Waals surface area contributed by atoms with Crippen LogP contribution >= 0.6 is 15.9 Å². The van der Waals surface area contributed by atoms with Gasteiger partial charge < -0.3 is 0 Å². The standard InChI is InChI=1S/C10H11Br/c1-2-9-3-5-10(6-4-9)7-8-11/h3-8H,2H2,1H3. The molecule has 0 bridgehead atoms. The predicted molar refractivity (Wildman–Crippen MR) is 53.8 cm³/mol. The Kier molecular flexibility index (Phi) is 3.37. The fourth-order valence-electron chi connectivity index (χ4n) is 0.937. The Morgan fingerprint density at radius 3 is 2.36 bits per heavy atom. The second-order valence-corrected chi connectivity index (χ2v) is 2.92. The van der Waals surface area contributed by atoms with E-state index in [2.05, 4.69) is 47.1 Å². The molecule has 0 aliphatic carbocycles. The van der Waals surface area contributed by atoms with E-state index in [1.807, 2.05) is 11.1 Å². The van der Waals surface area contributed by atoms with Crippen LogP contribution in [0.5, 0.6) is 0 Å². The molecule has 11 heavy (non-hydrogen) atoms. The van der Waals surface area contributed by atoms with Crippen molar-refractivity contribution in [1.82, 2.24) is 0 Å². The van der Waals surface area contributed by atoms with Gasteiger partial charge in [-0.3, -0.25) is 0 Å². The van der Waals surface area contributed by atoms with Crippen molar-refractivity contribution in [2.45, 2.75) is 13.3 Å². The van der Waals surface area contributed by atoms with E-state index in [-0.39, 0.29) is 0 Å². The Morgan fingerprint density at radius 2 is 1.91 bits per heavy atom. The smallest absolute Gasteiger partial charge is 0.0183 e. The molecule has 0 unspecified atom stereocenters. The van der Waals surface area contributed by atoms with Gasteiger partial charge in [0.05, 0.1) is 0 Å². The summed E-state index contributed by atoms with van der Waals surface area (Å²) in [6.07, 6.45) is 3.14. The van der Waals surface area contributed by atoms with Crippen LogP contribution in [0.3, 0.4) is 0 Å². The van der Waals surface area contributed by atoms with Gasteiger partial charge in [0.2, 0.25) is 0 Å². The summed E-state index contributed by atoms with van der Waals surface area (Å²) in [6.45, 7) is 2.16. The van der Waals surface area contributed by atoms with E-state index in [1.165, 1.54) is 11.1 Å². The van der Waals surface area contributed by atoms with Crippen LogP contribution in [0.1, 0.15) is 18.1 Å². The van der Waals surface area contributed by atoms with Crippen LogP contribution in [0, 0.1) is 0 Å². The first-order valence-electron chi connectivity index (χ1n) is 3.72. The third-order valence-corrected chi connectivity index (χ3v) is 1.91. The molecule has 0 atom stereocenters. The van der Waals surface area contributed by atoms with E-state index in [1.54, 1.807) is 0 Å². The highest BCUT2D eigenvalue weighted by atomic mass is 79.9. The first kappa shape index (κ1) is 8.54. The van der Waals surface area contributed by atoms with Gasteiger partial charge in [0.15, 0.2) is 0 Å². The number of halogens is 1. The minimum atomic E-state index is 1.11. The van der Waals surface area contributed by atoms with Crippen LogP contribution in [0.15, 0.2) is 29.3 Å². The fourth-order valence-corrected chi connectivity index (χ4v) is 1.24. The molecule has 0 aliphatic rings. The van der Waals surface area contributed by atoms with Crippen molar-refractivity contribution in [2.75, 3.05) is 0 Å². The molecule has 0 aliphatic heterocycles. The summed E-state index contributed by atoms with van der Waals surface area (Å²) in [7, 11) is 0. The SMILES string of the molecule is CCc1ccc(C=CBr)cc1. The van der Waals surface area contributed by atoms with Gasteiger partial charge >= 0.3 is 0 Å². The van der Waals surface area contributed by atoms with Crippen LogP contribution in [-0.4, -0.2) is 0 Å². The van der Waals surface area contributed by atoms with Gasteiger partial charge in [-0.05, 0) is 28.6 Å². The molecule has 0 aromatic heterocycles. The summed E-state index contributed by atoms with van der Waals surface area (Å²) < 4.78 is 0. The molecular weight excluding hydrogens is 200 g/mol. The number of rotatable bonds is 2. The predicted octanol–water partition coefficient (Wildman–Crippen LogP) is 3.61. The maximum Gasteiger partial charge on any atom is -0.0183 e. The van der Waals surface area contributed by atoms with E-state index in [0.717, 1.165) is 6.42 Å². The zero-order chi connectivity index (χ0) is 8.10. The van der Waals surface area contributed by atoms with Crippen molar-refractivity contribution in [3.8, 4) is 0 Å². The summed E-state index contributed by atoms with van der Waals surface area (Å²) in [5.41, 5.74) is 2.62. The molecule has 1 aromatic rings. The Balaban J connectivity index is 2.82. The molecule has 0 saturated carbocycles. The van der Waals surface area contributed by atoms with E-state index in [4.69, 9.17) is 0 Å². The van der Waals surface area contributed by atoms with E-state index in [9.17, 15) is 0 Å². The quantitative estimate of drug-likeness (QED) is 0.700. The van der Waals surface area contributed by atoms with Crippen molar-refractivity contribution < 1.29 is 0 Å². The van der Waals surface area contributed by atoms with Crippen LogP contribution in [0.25, 0.3) is 6.08 Å². The van der Waals surface area contributed by atoms with Crippen molar-refractivity contribution in [3.05, 3.63) is 40.4 Å². The highest BCUT2D eigenvalue weighted by Gasteiger charge is 1.87. The van der Waals surface area contributed by atoms with Gasteiger partial charge in [-0.2, -0.15) is 0 Å². The maximum atomic E-state index is 3.24. The largest absolute Gasteiger partial charge is 0.0613 e. The monoisotopic (exact) mass is 210 g/mol. The van der Waals surface area contributed by atoms with Crippen LogP contribution < -0.4 is 0 Å². The first-order valence-corrected chi connectivity index (χ1v) is 4.64. The highest BCUT2D eigenvalue weighted by Crippen LogP contribution is 2.07. The molecule has 0 fully saturated rings. The first-order chi connectivity index (χ1) is 5.36. The Hall–Kier alpha value is -0.560. The topological polar surface area (TPSA) is 0 Å². The number of aryl methyl sites for hydroxylation is 1. The number of hydrogen-bond donors (Lipinski definition) is 0. The van der Waals surface area contributed by atoms with Crippen LogP contribution in [0.2, 0.25) is 0 Å². The second-order valence-electron chi connectivity index (χ2n) is 2.39. The summed E-state index contributed by atoms with van der Waals surface area (Å²) in [5.74, 6) is 0. The molecular formula is C10H11Br.